The van der Waals surface area contributed by atoms with E-state index in [1.165, 1.54) is 11.1 Å². The van der Waals surface area contributed by atoms with E-state index >= 15 is 0 Å². The van der Waals surface area contributed by atoms with Gasteiger partial charge in [0, 0.05) is 32.0 Å². The van der Waals surface area contributed by atoms with Crippen molar-refractivity contribution in [3.05, 3.63) is 59.7 Å². The molecule has 34 heavy (non-hydrogen) atoms. The fourth-order valence-corrected chi connectivity index (χ4v) is 5.39. The normalized spacial score (nSPS) is 19.3. The molecule has 2 aliphatic rings. The van der Waals surface area contributed by atoms with Crippen LogP contribution in [0.5, 0.6) is 0 Å². The van der Waals surface area contributed by atoms with Crippen molar-refractivity contribution in [1.82, 2.24) is 10.2 Å². The molecule has 0 bridgehead atoms. The average Bonchev–Trinajstić information content (AvgIpc) is 3.16. The van der Waals surface area contributed by atoms with E-state index in [2.05, 4.69) is 29.6 Å². The van der Waals surface area contributed by atoms with Crippen molar-refractivity contribution >= 4 is 18.0 Å². The second-order valence-electron chi connectivity index (χ2n) is 9.26. The molecule has 2 aromatic carbocycles. The van der Waals surface area contributed by atoms with Crippen molar-refractivity contribution in [2.45, 2.75) is 44.9 Å². The van der Waals surface area contributed by atoms with E-state index in [9.17, 15) is 19.5 Å². The van der Waals surface area contributed by atoms with Crippen molar-refractivity contribution in [2.75, 3.05) is 26.2 Å². The minimum absolute atomic E-state index is 0.0177. The number of alkyl carbamates (subject to hydrolysis) is 1. The number of likely N-dealkylation sites (tertiary alicyclic amines) is 1. The Kier molecular flexibility index (Phi) is 7.20. The number of benzene rings is 2. The molecule has 7 heteroatoms. The van der Waals surface area contributed by atoms with Gasteiger partial charge in [0.1, 0.15) is 6.61 Å². The number of hydrogen-bond acceptors (Lipinski definition) is 4. The monoisotopic (exact) mass is 464 g/mol. The highest BCUT2D eigenvalue weighted by Crippen LogP contribution is 2.44. The molecule has 0 aromatic heterocycles. The first-order valence-corrected chi connectivity index (χ1v) is 12.1. The van der Waals surface area contributed by atoms with Crippen molar-refractivity contribution in [3.63, 3.8) is 0 Å². The SMILES string of the molecule is CCCC1(C(=O)O)CCCN(C(=O)CCNC(=O)OCC2c3ccccc3-c3ccccc32)C1. The molecule has 2 amide bonds. The molecule has 180 valence electrons. The van der Waals surface area contributed by atoms with Gasteiger partial charge in [-0.3, -0.25) is 9.59 Å². The number of carboxylic acids is 1. The Labute approximate surface area is 200 Å². The van der Waals surface area contributed by atoms with Crippen LogP contribution in [0.25, 0.3) is 11.1 Å². The summed E-state index contributed by atoms with van der Waals surface area (Å²) in [5.74, 6) is -0.986. The number of carbonyl (C=O) groups excluding carboxylic acids is 2. The lowest BCUT2D eigenvalue weighted by atomic mass is 9.76. The van der Waals surface area contributed by atoms with Crippen LogP contribution in [0, 0.1) is 5.41 Å². The van der Waals surface area contributed by atoms with Crippen LogP contribution in [0.1, 0.15) is 56.1 Å². The van der Waals surface area contributed by atoms with E-state index in [1.54, 1.807) is 4.90 Å². The molecule has 0 radical (unpaired) electrons. The first-order chi connectivity index (χ1) is 16.4. The summed E-state index contributed by atoms with van der Waals surface area (Å²) < 4.78 is 5.51. The Morgan fingerprint density at radius 2 is 1.74 bits per heavy atom. The van der Waals surface area contributed by atoms with Gasteiger partial charge >= 0.3 is 12.1 Å². The molecule has 0 spiro atoms. The lowest BCUT2D eigenvalue weighted by Gasteiger charge is -2.40. The van der Waals surface area contributed by atoms with E-state index < -0.39 is 17.5 Å². The van der Waals surface area contributed by atoms with Crippen LogP contribution in [0.2, 0.25) is 0 Å². The largest absolute Gasteiger partial charge is 0.481 e. The first-order valence-electron chi connectivity index (χ1n) is 12.1. The maximum Gasteiger partial charge on any atom is 0.407 e. The Morgan fingerprint density at radius 3 is 2.35 bits per heavy atom. The summed E-state index contributed by atoms with van der Waals surface area (Å²) in [5, 5.41) is 12.4. The van der Waals surface area contributed by atoms with Gasteiger partial charge in [0.25, 0.3) is 0 Å². The number of hydrogen-bond donors (Lipinski definition) is 2. The Bertz CT molecular complexity index is 1020. The standard InChI is InChI=1S/C27H32N2O5/c1-2-13-27(25(31)32)14-7-16-29(18-27)24(30)12-15-28-26(33)34-17-23-21-10-5-3-8-19(21)20-9-4-6-11-22(20)23/h3-6,8-11,23H,2,7,12-18H2,1H3,(H,28,33)(H,31,32). The molecule has 4 rings (SSSR count). The predicted molar refractivity (Wildman–Crippen MR) is 128 cm³/mol. The van der Waals surface area contributed by atoms with E-state index in [4.69, 9.17) is 4.74 Å². The van der Waals surface area contributed by atoms with Crippen LogP contribution in [0.4, 0.5) is 4.79 Å². The molecule has 1 fully saturated rings. The molecule has 1 unspecified atom stereocenters. The van der Waals surface area contributed by atoms with Gasteiger partial charge in [-0.05, 0) is 41.5 Å². The summed E-state index contributed by atoms with van der Waals surface area (Å²) in [5.41, 5.74) is 3.76. The van der Waals surface area contributed by atoms with E-state index in [1.807, 2.05) is 31.2 Å². The zero-order valence-corrected chi connectivity index (χ0v) is 19.6. The summed E-state index contributed by atoms with van der Waals surface area (Å²) in [6.45, 7) is 3.13. The molecule has 1 atom stereocenters. The summed E-state index contributed by atoms with van der Waals surface area (Å²) in [6, 6.07) is 16.3. The third-order valence-electron chi connectivity index (χ3n) is 7.06. The maximum atomic E-state index is 12.7. The smallest absolute Gasteiger partial charge is 0.407 e. The minimum atomic E-state index is -0.858. The van der Waals surface area contributed by atoms with Gasteiger partial charge in [0.05, 0.1) is 5.41 Å². The molecule has 2 N–H and O–H groups in total. The fourth-order valence-electron chi connectivity index (χ4n) is 5.39. The number of amides is 2. The van der Waals surface area contributed by atoms with Crippen molar-refractivity contribution < 1.29 is 24.2 Å². The van der Waals surface area contributed by atoms with Gasteiger partial charge in [0.15, 0.2) is 0 Å². The first kappa shape index (κ1) is 23.8. The number of piperidine rings is 1. The van der Waals surface area contributed by atoms with Crippen molar-refractivity contribution in [1.29, 1.82) is 0 Å². The summed E-state index contributed by atoms with van der Waals surface area (Å²) in [7, 11) is 0. The molecule has 2 aromatic rings. The van der Waals surface area contributed by atoms with Crippen LogP contribution < -0.4 is 5.32 Å². The molecule has 1 aliphatic carbocycles. The van der Waals surface area contributed by atoms with Gasteiger partial charge in [-0.1, -0.05) is 61.9 Å². The topological polar surface area (TPSA) is 95.9 Å². The van der Waals surface area contributed by atoms with Gasteiger partial charge in [-0.25, -0.2) is 4.79 Å². The van der Waals surface area contributed by atoms with Gasteiger partial charge in [0.2, 0.25) is 5.91 Å². The highest BCUT2D eigenvalue weighted by molar-refractivity contribution is 5.81. The van der Waals surface area contributed by atoms with Crippen LogP contribution in [0.3, 0.4) is 0 Å². The number of ether oxygens (including phenoxy) is 1. The molecule has 7 nitrogen and oxygen atoms in total. The molecule has 1 aliphatic heterocycles. The van der Waals surface area contributed by atoms with Crippen molar-refractivity contribution in [2.24, 2.45) is 5.41 Å². The average molecular weight is 465 g/mol. The van der Waals surface area contributed by atoms with Crippen LogP contribution in [-0.2, 0) is 14.3 Å². The zero-order chi connectivity index (χ0) is 24.1. The number of nitrogens with zero attached hydrogens (tertiary/aromatic N) is 1. The lowest BCUT2D eigenvalue weighted by Crippen LogP contribution is -2.50. The number of aliphatic carboxylic acids is 1. The Morgan fingerprint density at radius 1 is 1.09 bits per heavy atom. The molecule has 0 saturated carbocycles. The number of nitrogens with one attached hydrogen (secondary N) is 1. The third-order valence-corrected chi connectivity index (χ3v) is 7.06. The Balaban J connectivity index is 1.27. The summed E-state index contributed by atoms with van der Waals surface area (Å²) in [6.07, 6.45) is 2.16. The summed E-state index contributed by atoms with van der Waals surface area (Å²) >= 11 is 0. The molecular formula is C27H32N2O5. The quantitative estimate of drug-likeness (QED) is 0.603. The lowest BCUT2D eigenvalue weighted by molar-refractivity contribution is -0.155. The second-order valence-corrected chi connectivity index (χ2v) is 9.26. The van der Waals surface area contributed by atoms with Gasteiger partial charge < -0.3 is 20.1 Å². The third kappa shape index (κ3) is 4.79. The number of carboxylic acid groups (broad SMARTS) is 1. The highest BCUT2D eigenvalue weighted by Gasteiger charge is 2.42. The van der Waals surface area contributed by atoms with E-state index in [-0.39, 0.29) is 37.9 Å². The summed E-state index contributed by atoms with van der Waals surface area (Å²) in [4.78, 5) is 38.5. The zero-order valence-electron chi connectivity index (χ0n) is 19.6. The van der Waals surface area contributed by atoms with E-state index in [0.717, 1.165) is 17.5 Å². The Hall–Kier alpha value is -3.35. The molecule has 1 heterocycles. The van der Waals surface area contributed by atoms with Crippen molar-refractivity contribution in [3.8, 4) is 11.1 Å². The number of fused-ring (bicyclic) bond motifs is 3. The minimum Gasteiger partial charge on any atom is -0.481 e. The predicted octanol–water partition coefficient (Wildman–Crippen LogP) is 4.41. The van der Waals surface area contributed by atoms with Gasteiger partial charge in [-0.15, -0.1) is 0 Å². The fraction of sp³-hybridized carbons (Fsp3) is 0.444. The van der Waals surface area contributed by atoms with Crippen LogP contribution in [0.15, 0.2) is 48.5 Å². The number of rotatable bonds is 8. The van der Waals surface area contributed by atoms with Crippen LogP contribution in [-0.4, -0.2) is 54.2 Å². The molecule has 1 saturated heterocycles. The van der Waals surface area contributed by atoms with E-state index in [0.29, 0.717) is 25.8 Å². The van der Waals surface area contributed by atoms with Crippen LogP contribution >= 0.6 is 0 Å². The maximum absolute atomic E-state index is 12.7. The number of carbonyl (C=O) groups is 3. The highest BCUT2D eigenvalue weighted by atomic mass is 16.5. The molecular weight excluding hydrogens is 432 g/mol. The van der Waals surface area contributed by atoms with Gasteiger partial charge in [-0.2, -0.15) is 0 Å². The second kappa shape index (κ2) is 10.3.